The van der Waals surface area contributed by atoms with Crippen molar-refractivity contribution in [1.82, 2.24) is 0 Å². The summed E-state index contributed by atoms with van der Waals surface area (Å²) in [6, 6.07) is 13.0. The second kappa shape index (κ2) is 11.0. The maximum absolute atomic E-state index is 12.5. The Kier molecular flexibility index (Phi) is 8.15. The van der Waals surface area contributed by atoms with Gasteiger partial charge in [-0.1, -0.05) is 69.7 Å². The predicted molar refractivity (Wildman–Crippen MR) is 129 cm³/mol. The molecule has 3 rings (SSSR count). The molecule has 0 amide bonds. The fourth-order valence-electron chi connectivity index (χ4n) is 3.41. The first-order valence-electron chi connectivity index (χ1n) is 11.4. The van der Waals surface area contributed by atoms with Gasteiger partial charge in [0.2, 0.25) is 0 Å². The molecule has 6 nitrogen and oxygen atoms in total. The number of rotatable bonds is 8. The number of hydrogen-bond acceptors (Lipinski definition) is 6. The highest BCUT2D eigenvalue weighted by molar-refractivity contribution is 6.12. The first kappa shape index (κ1) is 24.4. The van der Waals surface area contributed by atoms with Gasteiger partial charge >= 0.3 is 12.3 Å². The minimum Gasteiger partial charge on any atom is -0.434 e. The van der Waals surface area contributed by atoms with E-state index in [4.69, 9.17) is 18.9 Å². The van der Waals surface area contributed by atoms with Gasteiger partial charge in [0, 0.05) is 21.5 Å². The van der Waals surface area contributed by atoms with Gasteiger partial charge in [0.05, 0.1) is 13.2 Å². The Morgan fingerprint density at radius 3 is 1.64 bits per heavy atom. The van der Waals surface area contributed by atoms with Crippen molar-refractivity contribution in [3.8, 4) is 11.5 Å². The molecule has 0 aromatic heterocycles. The minimum atomic E-state index is -0.760. The Balaban J connectivity index is 2.00. The van der Waals surface area contributed by atoms with Crippen molar-refractivity contribution in [2.75, 3.05) is 13.2 Å². The van der Waals surface area contributed by atoms with Gasteiger partial charge in [-0.05, 0) is 37.7 Å². The Morgan fingerprint density at radius 2 is 1.15 bits per heavy atom. The summed E-state index contributed by atoms with van der Waals surface area (Å²) < 4.78 is 21.9. The van der Waals surface area contributed by atoms with Crippen LogP contribution in [-0.2, 0) is 9.47 Å². The molecule has 0 radical (unpaired) electrons. The van der Waals surface area contributed by atoms with Crippen LogP contribution < -0.4 is 9.47 Å². The first-order chi connectivity index (χ1) is 15.8. The van der Waals surface area contributed by atoms with Gasteiger partial charge in [0.1, 0.15) is 11.5 Å². The summed E-state index contributed by atoms with van der Waals surface area (Å²) in [5.41, 5.74) is 0.973. The number of hydrogen-bond donors (Lipinski definition) is 0. The van der Waals surface area contributed by atoms with Crippen LogP contribution in [0.2, 0.25) is 0 Å². The highest BCUT2D eigenvalue weighted by Crippen LogP contribution is 2.43. The highest BCUT2D eigenvalue weighted by Gasteiger charge is 2.21. The summed E-state index contributed by atoms with van der Waals surface area (Å²) in [7, 11) is 0. The van der Waals surface area contributed by atoms with Crippen molar-refractivity contribution in [3.63, 3.8) is 0 Å². The number of benzene rings is 3. The zero-order valence-corrected chi connectivity index (χ0v) is 20.0. The van der Waals surface area contributed by atoms with Crippen LogP contribution in [0.5, 0.6) is 11.5 Å². The predicted octanol–water partition coefficient (Wildman–Crippen LogP) is 7.42. The zero-order chi connectivity index (χ0) is 24.0. The monoisotopic (exact) mass is 452 g/mol. The van der Waals surface area contributed by atoms with Crippen molar-refractivity contribution in [2.45, 2.75) is 47.5 Å². The molecule has 0 fully saturated rings. The van der Waals surface area contributed by atoms with E-state index < -0.39 is 12.3 Å². The standard InChI is InChI=1S/C27H32O6/c1-17(2)12-14-30-26(28)32-24-20-8-6-7-9-21(20)25(23-16-19(5)10-11-22(23)24)33-27(29)31-15-13-18(3)4/h6-11,16-18H,12-15H2,1-5H3. The van der Waals surface area contributed by atoms with Crippen molar-refractivity contribution >= 4 is 33.9 Å². The van der Waals surface area contributed by atoms with E-state index in [1.54, 1.807) is 0 Å². The average Bonchev–Trinajstić information content (AvgIpc) is 2.75. The third-order valence-corrected chi connectivity index (χ3v) is 5.28. The van der Waals surface area contributed by atoms with Crippen LogP contribution >= 0.6 is 0 Å². The van der Waals surface area contributed by atoms with Crippen LogP contribution in [-0.4, -0.2) is 25.5 Å². The SMILES string of the molecule is Cc1ccc2c(OC(=O)OCCC(C)C)c3ccccc3c(OC(=O)OCCC(C)C)c2c1. The quantitative estimate of drug-likeness (QED) is 0.201. The molecule has 0 heterocycles. The summed E-state index contributed by atoms with van der Waals surface area (Å²) >= 11 is 0. The molecule has 0 aliphatic carbocycles. The van der Waals surface area contributed by atoms with Crippen molar-refractivity contribution < 1.29 is 28.5 Å². The lowest BCUT2D eigenvalue weighted by molar-refractivity contribution is 0.0940. The highest BCUT2D eigenvalue weighted by atomic mass is 16.7. The van der Waals surface area contributed by atoms with Crippen LogP contribution in [0.1, 0.15) is 46.1 Å². The molecule has 0 aliphatic rings. The molecule has 0 saturated heterocycles. The van der Waals surface area contributed by atoms with Gasteiger partial charge in [-0.2, -0.15) is 0 Å². The number of carbonyl (C=O) groups is 2. The summed E-state index contributed by atoms with van der Waals surface area (Å²) in [6.45, 7) is 10.8. The van der Waals surface area contributed by atoms with Crippen LogP contribution in [0.4, 0.5) is 9.59 Å². The lowest BCUT2D eigenvalue weighted by Gasteiger charge is -2.17. The van der Waals surface area contributed by atoms with Crippen LogP contribution in [0.25, 0.3) is 21.5 Å². The number of aryl methyl sites for hydroxylation is 1. The first-order valence-corrected chi connectivity index (χ1v) is 11.4. The Bertz CT molecular complexity index is 1130. The van der Waals surface area contributed by atoms with Crippen molar-refractivity contribution in [2.24, 2.45) is 11.8 Å². The maximum Gasteiger partial charge on any atom is 0.513 e. The fourth-order valence-corrected chi connectivity index (χ4v) is 3.41. The van der Waals surface area contributed by atoms with E-state index in [1.165, 1.54) is 0 Å². The maximum atomic E-state index is 12.5. The molecule has 33 heavy (non-hydrogen) atoms. The average molecular weight is 453 g/mol. The molecule has 0 saturated carbocycles. The summed E-state index contributed by atoms with van der Waals surface area (Å²) in [5.74, 6) is 1.58. The van der Waals surface area contributed by atoms with E-state index in [0.717, 1.165) is 18.4 Å². The third kappa shape index (κ3) is 6.37. The van der Waals surface area contributed by atoms with E-state index in [-0.39, 0.29) is 13.2 Å². The van der Waals surface area contributed by atoms with Crippen LogP contribution in [0.3, 0.4) is 0 Å². The molecule has 3 aromatic rings. The van der Waals surface area contributed by atoms with E-state index in [2.05, 4.69) is 27.7 Å². The Hall–Kier alpha value is -3.28. The van der Waals surface area contributed by atoms with Gasteiger partial charge < -0.3 is 18.9 Å². The van der Waals surface area contributed by atoms with Crippen LogP contribution in [0, 0.1) is 18.8 Å². The van der Waals surface area contributed by atoms with Crippen molar-refractivity contribution in [3.05, 3.63) is 48.0 Å². The molecule has 176 valence electrons. The molecule has 0 N–H and O–H groups in total. The summed E-state index contributed by atoms with van der Waals surface area (Å²) in [4.78, 5) is 24.9. The molecular formula is C27H32O6. The van der Waals surface area contributed by atoms with Gasteiger partial charge in [0.25, 0.3) is 0 Å². The number of ether oxygens (including phenoxy) is 4. The van der Waals surface area contributed by atoms with Gasteiger partial charge in [-0.3, -0.25) is 0 Å². The van der Waals surface area contributed by atoms with E-state index in [0.29, 0.717) is 44.9 Å². The van der Waals surface area contributed by atoms with E-state index >= 15 is 0 Å². The lowest BCUT2D eigenvalue weighted by atomic mass is 9.99. The van der Waals surface area contributed by atoms with E-state index in [9.17, 15) is 9.59 Å². The fraction of sp³-hybridized carbons (Fsp3) is 0.407. The molecule has 0 aliphatic heterocycles. The third-order valence-electron chi connectivity index (χ3n) is 5.28. The summed E-state index contributed by atoms with van der Waals surface area (Å²) in [6.07, 6.45) is -0.0158. The van der Waals surface area contributed by atoms with Gasteiger partial charge in [-0.15, -0.1) is 0 Å². The van der Waals surface area contributed by atoms with Gasteiger partial charge in [-0.25, -0.2) is 9.59 Å². The smallest absolute Gasteiger partial charge is 0.434 e. The molecule has 0 unspecified atom stereocenters. The largest absolute Gasteiger partial charge is 0.513 e. The van der Waals surface area contributed by atoms with Gasteiger partial charge in [0.15, 0.2) is 0 Å². The molecule has 3 aromatic carbocycles. The molecule has 0 bridgehead atoms. The summed E-state index contributed by atoms with van der Waals surface area (Å²) in [5, 5.41) is 2.57. The topological polar surface area (TPSA) is 71.1 Å². The van der Waals surface area contributed by atoms with Crippen LogP contribution in [0.15, 0.2) is 42.5 Å². The van der Waals surface area contributed by atoms with E-state index in [1.807, 2.05) is 49.4 Å². The zero-order valence-electron chi connectivity index (χ0n) is 20.0. The molecular weight excluding hydrogens is 420 g/mol. The Labute approximate surface area is 194 Å². The minimum absolute atomic E-state index is 0.287. The molecule has 0 atom stereocenters. The second-order valence-corrected chi connectivity index (χ2v) is 9.02. The normalized spacial score (nSPS) is 11.2. The molecule has 6 heteroatoms. The second-order valence-electron chi connectivity index (χ2n) is 9.02. The molecule has 0 spiro atoms. The van der Waals surface area contributed by atoms with Crippen molar-refractivity contribution in [1.29, 1.82) is 0 Å². The number of carbonyl (C=O) groups excluding carboxylic acids is 2. The lowest BCUT2D eigenvalue weighted by Crippen LogP contribution is -2.14. The Morgan fingerprint density at radius 1 is 0.697 bits per heavy atom. The number of fused-ring (bicyclic) bond motifs is 2.